The molecule has 0 aromatic carbocycles. The second-order valence-corrected chi connectivity index (χ2v) is 8.12. The van der Waals surface area contributed by atoms with E-state index < -0.39 is 0 Å². The smallest absolute Gasteiger partial charge is 0.193 e. The van der Waals surface area contributed by atoms with Gasteiger partial charge in [-0.05, 0) is 47.3 Å². The predicted molar refractivity (Wildman–Crippen MR) is 99.3 cm³/mol. The summed E-state index contributed by atoms with van der Waals surface area (Å²) in [5.74, 6) is 0.917. The molecule has 1 fully saturated rings. The monoisotopic (exact) mass is 403 g/mol. The van der Waals surface area contributed by atoms with Crippen LogP contribution in [0.25, 0.3) is 0 Å². The lowest BCUT2D eigenvalue weighted by Crippen LogP contribution is -2.39. The molecule has 2 rings (SSSR count). The van der Waals surface area contributed by atoms with Gasteiger partial charge in [0.2, 0.25) is 0 Å². The fourth-order valence-electron chi connectivity index (χ4n) is 2.50. The van der Waals surface area contributed by atoms with Crippen molar-refractivity contribution in [1.82, 2.24) is 10.2 Å². The summed E-state index contributed by atoms with van der Waals surface area (Å²) < 4.78 is 12.4. The SMILES string of the molecule is CN=C(NCCCOC1CCOCC1)N(C)Cc1ccc(Br)s1. The highest BCUT2D eigenvalue weighted by atomic mass is 79.9. The first-order chi connectivity index (χ1) is 11.2. The number of ether oxygens (including phenoxy) is 2. The Kier molecular flexibility index (Phi) is 8.36. The summed E-state index contributed by atoms with van der Waals surface area (Å²) in [4.78, 5) is 7.79. The van der Waals surface area contributed by atoms with Crippen molar-refractivity contribution in [3.8, 4) is 0 Å². The topological polar surface area (TPSA) is 46.1 Å². The van der Waals surface area contributed by atoms with Crippen molar-refractivity contribution < 1.29 is 9.47 Å². The van der Waals surface area contributed by atoms with E-state index in [1.54, 1.807) is 11.3 Å². The van der Waals surface area contributed by atoms with Gasteiger partial charge in [-0.1, -0.05) is 0 Å². The van der Waals surface area contributed by atoms with Crippen molar-refractivity contribution in [2.75, 3.05) is 40.5 Å². The third-order valence-corrected chi connectivity index (χ3v) is 5.33. The highest BCUT2D eigenvalue weighted by molar-refractivity contribution is 9.11. The van der Waals surface area contributed by atoms with E-state index in [9.17, 15) is 0 Å². The van der Waals surface area contributed by atoms with Crippen molar-refractivity contribution in [2.24, 2.45) is 4.99 Å². The lowest BCUT2D eigenvalue weighted by molar-refractivity contribution is -0.0320. The van der Waals surface area contributed by atoms with Crippen LogP contribution in [0, 0.1) is 0 Å². The third-order valence-electron chi connectivity index (χ3n) is 3.72. The summed E-state index contributed by atoms with van der Waals surface area (Å²) in [5, 5.41) is 3.40. The van der Waals surface area contributed by atoms with Gasteiger partial charge in [-0.2, -0.15) is 0 Å². The lowest BCUT2D eigenvalue weighted by atomic mass is 10.1. The van der Waals surface area contributed by atoms with Gasteiger partial charge < -0.3 is 19.7 Å². The molecule has 0 aliphatic carbocycles. The van der Waals surface area contributed by atoms with Crippen LogP contribution < -0.4 is 5.32 Å². The maximum absolute atomic E-state index is 5.88. The van der Waals surface area contributed by atoms with E-state index in [0.29, 0.717) is 6.10 Å². The Balaban J connectivity index is 1.62. The lowest BCUT2D eigenvalue weighted by Gasteiger charge is -2.23. The molecule has 7 heteroatoms. The zero-order valence-electron chi connectivity index (χ0n) is 13.9. The Bertz CT molecular complexity index is 489. The van der Waals surface area contributed by atoms with E-state index in [-0.39, 0.29) is 0 Å². The second-order valence-electron chi connectivity index (χ2n) is 5.57. The van der Waals surface area contributed by atoms with E-state index in [0.717, 1.165) is 61.9 Å². The molecule has 0 saturated carbocycles. The molecule has 0 amide bonds. The fourth-order valence-corrected chi connectivity index (χ4v) is 4.03. The van der Waals surface area contributed by atoms with Crippen LogP contribution in [0.4, 0.5) is 0 Å². The van der Waals surface area contributed by atoms with Gasteiger partial charge in [-0.15, -0.1) is 11.3 Å². The van der Waals surface area contributed by atoms with Crippen LogP contribution in [0.2, 0.25) is 0 Å². The number of nitrogens with zero attached hydrogens (tertiary/aromatic N) is 2. The number of aliphatic imine (C=N–C) groups is 1. The van der Waals surface area contributed by atoms with Crippen molar-refractivity contribution in [3.05, 3.63) is 20.8 Å². The maximum atomic E-state index is 5.88. The summed E-state index contributed by atoms with van der Waals surface area (Å²) in [6.45, 7) is 4.18. The molecule has 0 spiro atoms. The molecule has 0 atom stereocenters. The highest BCUT2D eigenvalue weighted by Gasteiger charge is 2.13. The van der Waals surface area contributed by atoms with Crippen LogP contribution in [-0.4, -0.2) is 57.4 Å². The molecule has 1 saturated heterocycles. The summed E-state index contributed by atoms with van der Waals surface area (Å²) in [7, 11) is 3.88. The van der Waals surface area contributed by atoms with Gasteiger partial charge in [-0.3, -0.25) is 4.99 Å². The summed E-state index contributed by atoms with van der Waals surface area (Å²) >= 11 is 5.25. The molecule has 0 radical (unpaired) electrons. The minimum Gasteiger partial charge on any atom is -0.381 e. The number of thiophene rings is 1. The molecule has 1 aromatic rings. The van der Waals surface area contributed by atoms with Gasteiger partial charge in [0.05, 0.1) is 16.4 Å². The number of hydrogen-bond donors (Lipinski definition) is 1. The van der Waals surface area contributed by atoms with Gasteiger partial charge >= 0.3 is 0 Å². The van der Waals surface area contributed by atoms with Crippen LogP contribution in [0.1, 0.15) is 24.1 Å². The van der Waals surface area contributed by atoms with E-state index in [1.807, 2.05) is 7.05 Å². The molecule has 1 aromatic heterocycles. The fraction of sp³-hybridized carbons (Fsp3) is 0.688. The number of nitrogens with one attached hydrogen (secondary N) is 1. The van der Waals surface area contributed by atoms with Crippen LogP contribution in [0.5, 0.6) is 0 Å². The van der Waals surface area contributed by atoms with Crippen LogP contribution in [0.15, 0.2) is 20.9 Å². The molecule has 23 heavy (non-hydrogen) atoms. The molecule has 2 heterocycles. The van der Waals surface area contributed by atoms with E-state index in [4.69, 9.17) is 9.47 Å². The number of hydrogen-bond acceptors (Lipinski definition) is 4. The predicted octanol–water partition coefficient (Wildman–Crippen LogP) is 3.10. The Hall–Kier alpha value is -0.630. The van der Waals surface area contributed by atoms with Crippen LogP contribution in [-0.2, 0) is 16.0 Å². The first kappa shape index (κ1) is 18.7. The average molecular weight is 404 g/mol. The van der Waals surface area contributed by atoms with Gasteiger partial charge in [0.15, 0.2) is 5.96 Å². The Morgan fingerprint density at radius 2 is 2.26 bits per heavy atom. The number of rotatable bonds is 7. The van der Waals surface area contributed by atoms with Crippen molar-refractivity contribution in [2.45, 2.75) is 31.9 Å². The standard InChI is InChI=1S/C16H26BrN3O2S/c1-18-16(20(2)12-14-4-5-15(17)23-14)19-8-3-9-22-13-6-10-21-11-7-13/h4-5,13H,3,6-12H2,1-2H3,(H,18,19). The number of guanidine groups is 1. The van der Waals surface area contributed by atoms with Gasteiger partial charge in [0.1, 0.15) is 0 Å². The molecule has 1 aliphatic rings. The number of halogens is 1. The van der Waals surface area contributed by atoms with Crippen molar-refractivity contribution in [3.63, 3.8) is 0 Å². The maximum Gasteiger partial charge on any atom is 0.193 e. The molecule has 5 nitrogen and oxygen atoms in total. The summed E-state index contributed by atoms with van der Waals surface area (Å²) in [6, 6.07) is 4.22. The molecule has 1 N–H and O–H groups in total. The van der Waals surface area contributed by atoms with Gasteiger partial charge in [0.25, 0.3) is 0 Å². The Labute approximate surface area is 151 Å². The quantitative estimate of drug-likeness (QED) is 0.431. The average Bonchev–Trinajstić information content (AvgIpc) is 2.96. The minimum atomic E-state index is 0.378. The molecular weight excluding hydrogens is 378 g/mol. The van der Waals surface area contributed by atoms with E-state index in [2.05, 4.69) is 50.3 Å². The van der Waals surface area contributed by atoms with E-state index in [1.165, 1.54) is 4.88 Å². The molecule has 1 aliphatic heterocycles. The zero-order chi connectivity index (χ0) is 16.5. The normalized spacial score (nSPS) is 16.6. The molecule has 0 bridgehead atoms. The first-order valence-electron chi connectivity index (χ1n) is 8.04. The van der Waals surface area contributed by atoms with Gasteiger partial charge in [-0.25, -0.2) is 0 Å². The largest absolute Gasteiger partial charge is 0.381 e. The van der Waals surface area contributed by atoms with Crippen LogP contribution in [0.3, 0.4) is 0 Å². The zero-order valence-corrected chi connectivity index (χ0v) is 16.3. The minimum absolute atomic E-state index is 0.378. The first-order valence-corrected chi connectivity index (χ1v) is 9.65. The third kappa shape index (κ3) is 6.79. The Morgan fingerprint density at radius 1 is 1.48 bits per heavy atom. The van der Waals surface area contributed by atoms with Crippen LogP contribution >= 0.6 is 27.3 Å². The van der Waals surface area contributed by atoms with Crippen molar-refractivity contribution in [1.29, 1.82) is 0 Å². The molecular formula is C16H26BrN3O2S. The highest BCUT2D eigenvalue weighted by Crippen LogP contribution is 2.22. The second kappa shape index (κ2) is 10.3. The van der Waals surface area contributed by atoms with E-state index >= 15 is 0 Å². The summed E-state index contributed by atoms with van der Waals surface area (Å²) in [5.41, 5.74) is 0. The molecule has 130 valence electrons. The van der Waals surface area contributed by atoms with Gasteiger partial charge in [0, 0.05) is 45.3 Å². The Morgan fingerprint density at radius 3 is 2.91 bits per heavy atom. The van der Waals surface area contributed by atoms with Crippen molar-refractivity contribution >= 4 is 33.2 Å². The summed E-state index contributed by atoms with van der Waals surface area (Å²) in [6.07, 6.45) is 3.40. The molecule has 0 unspecified atom stereocenters.